The maximum absolute atomic E-state index is 13.1. The number of hydrogen-bond donors (Lipinski definition) is 2. The third-order valence-electron chi connectivity index (χ3n) is 4.61. The van der Waals surface area contributed by atoms with Crippen molar-refractivity contribution < 1.29 is 28.9 Å². The van der Waals surface area contributed by atoms with Gasteiger partial charge in [-0.2, -0.15) is 0 Å². The van der Waals surface area contributed by atoms with E-state index in [0.717, 1.165) is 5.56 Å². The molecule has 0 aliphatic heterocycles. The largest absolute Gasteiger partial charge is 0.506 e. The third kappa shape index (κ3) is 7.17. The van der Waals surface area contributed by atoms with Gasteiger partial charge in [0, 0.05) is 16.3 Å². The zero-order chi connectivity index (χ0) is 23.7. The summed E-state index contributed by atoms with van der Waals surface area (Å²) < 4.78 is 24.4. The third-order valence-corrected chi connectivity index (χ3v) is 5.31. The number of aliphatic hydroxyl groups is 2. The predicted octanol–water partition coefficient (Wildman–Crippen LogP) is 5.09. The standard InChI is InChI=1S/C24H27BrFNO5/c1-4-31-24(30)20(12-27-22(13-28)15(2)3)23(29)19-11-18(9-10-21(19)25)32-14-16-5-7-17(26)8-6-16/h5-12,15,22,28-29H,4,13-14H2,1-3H3/t22-/m1/s1. The van der Waals surface area contributed by atoms with Gasteiger partial charge in [-0.05, 0) is 48.7 Å². The highest BCUT2D eigenvalue weighted by Gasteiger charge is 2.20. The van der Waals surface area contributed by atoms with Crippen LogP contribution in [0.3, 0.4) is 0 Å². The molecule has 32 heavy (non-hydrogen) atoms. The number of aliphatic imine (C=N–C) groups is 1. The van der Waals surface area contributed by atoms with E-state index in [-0.39, 0.29) is 42.9 Å². The van der Waals surface area contributed by atoms with Gasteiger partial charge in [-0.25, -0.2) is 9.18 Å². The summed E-state index contributed by atoms with van der Waals surface area (Å²) in [5.74, 6) is -0.930. The molecule has 0 aliphatic carbocycles. The summed E-state index contributed by atoms with van der Waals surface area (Å²) in [7, 11) is 0. The fourth-order valence-electron chi connectivity index (χ4n) is 2.69. The molecule has 172 valence electrons. The van der Waals surface area contributed by atoms with Gasteiger partial charge in [-0.15, -0.1) is 0 Å². The van der Waals surface area contributed by atoms with Crippen molar-refractivity contribution in [3.63, 3.8) is 0 Å². The number of carbonyl (C=O) groups excluding carboxylic acids is 1. The molecule has 8 heteroatoms. The first-order valence-electron chi connectivity index (χ1n) is 10.2. The molecule has 0 spiro atoms. The molecule has 0 heterocycles. The lowest BCUT2D eigenvalue weighted by molar-refractivity contribution is -0.137. The fourth-order valence-corrected chi connectivity index (χ4v) is 3.12. The van der Waals surface area contributed by atoms with Crippen LogP contribution in [0.15, 0.2) is 57.5 Å². The van der Waals surface area contributed by atoms with Gasteiger partial charge >= 0.3 is 5.97 Å². The molecule has 0 saturated carbocycles. The van der Waals surface area contributed by atoms with Crippen LogP contribution < -0.4 is 4.74 Å². The number of nitrogens with zero attached hydrogens (tertiary/aromatic N) is 1. The summed E-state index contributed by atoms with van der Waals surface area (Å²) in [4.78, 5) is 16.7. The monoisotopic (exact) mass is 507 g/mol. The molecule has 2 N–H and O–H groups in total. The van der Waals surface area contributed by atoms with E-state index >= 15 is 0 Å². The second kappa shape index (κ2) is 12.4. The Morgan fingerprint density at radius 1 is 1.22 bits per heavy atom. The van der Waals surface area contributed by atoms with Gasteiger partial charge < -0.3 is 19.7 Å². The minimum Gasteiger partial charge on any atom is -0.506 e. The van der Waals surface area contributed by atoms with Crippen LogP contribution in [0.4, 0.5) is 4.39 Å². The molecule has 6 nitrogen and oxygen atoms in total. The van der Waals surface area contributed by atoms with Gasteiger partial charge in [0.15, 0.2) is 0 Å². The fraction of sp³-hybridized carbons (Fsp3) is 0.333. The number of rotatable bonds is 10. The summed E-state index contributed by atoms with van der Waals surface area (Å²) in [6, 6.07) is 10.5. The van der Waals surface area contributed by atoms with E-state index in [0.29, 0.717) is 15.8 Å². The highest BCUT2D eigenvalue weighted by Crippen LogP contribution is 2.29. The van der Waals surface area contributed by atoms with Crippen LogP contribution in [-0.2, 0) is 16.1 Å². The number of halogens is 2. The van der Waals surface area contributed by atoms with Crippen molar-refractivity contribution in [3.8, 4) is 5.75 Å². The molecule has 0 aliphatic rings. The first kappa shape index (κ1) is 25.5. The molecule has 0 saturated heterocycles. The van der Waals surface area contributed by atoms with Crippen molar-refractivity contribution in [2.24, 2.45) is 10.9 Å². The number of hydrogen-bond acceptors (Lipinski definition) is 6. The van der Waals surface area contributed by atoms with Crippen LogP contribution in [0.5, 0.6) is 5.75 Å². The van der Waals surface area contributed by atoms with Crippen LogP contribution >= 0.6 is 15.9 Å². The highest BCUT2D eigenvalue weighted by molar-refractivity contribution is 9.10. The Balaban J connectivity index is 2.37. The summed E-state index contributed by atoms with van der Waals surface area (Å²) >= 11 is 3.38. The Morgan fingerprint density at radius 3 is 2.50 bits per heavy atom. The molecule has 0 fully saturated rings. The number of esters is 1. The van der Waals surface area contributed by atoms with E-state index in [1.165, 1.54) is 18.3 Å². The Morgan fingerprint density at radius 2 is 1.91 bits per heavy atom. The smallest absolute Gasteiger partial charge is 0.343 e. The molecule has 0 radical (unpaired) electrons. The van der Waals surface area contributed by atoms with Crippen molar-refractivity contribution in [1.29, 1.82) is 0 Å². The topological polar surface area (TPSA) is 88.4 Å². The zero-order valence-electron chi connectivity index (χ0n) is 18.2. The molecule has 0 bridgehead atoms. The van der Waals surface area contributed by atoms with E-state index in [4.69, 9.17) is 9.47 Å². The van der Waals surface area contributed by atoms with Crippen molar-refractivity contribution in [3.05, 3.63) is 69.5 Å². The van der Waals surface area contributed by atoms with Gasteiger partial charge in [0.05, 0.1) is 19.3 Å². The van der Waals surface area contributed by atoms with Gasteiger partial charge in [0.25, 0.3) is 0 Å². The van der Waals surface area contributed by atoms with Crippen molar-refractivity contribution in [1.82, 2.24) is 0 Å². The van der Waals surface area contributed by atoms with Crippen molar-refractivity contribution in [2.75, 3.05) is 13.2 Å². The minimum atomic E-state index is -0.737. The lowest BCUT2D eigenvalue weighted by Gasteiger charge is -2.14. The Hall–Kier alpha value is -2.71. The van der Waals surface area contributed by atoms with Gasteiger partial charge in [-0.1, -0.05) is 41.9 Å². The SMILES string of the molecule is CCOC(=O)C(C=N[C@H](CO)C(C)C)=C(O)c1cc(OCc2ccc(F)cc2)ccc1Br. The average molecular weight is 508 g/mol. The Bertz CT molecular complexity index is 973. The van der Waals surface area contributed by atoms with Gasteiger partial charge in [0.1, 0.15) is 29.5 Å². The molecule has 0 unspecified atom stereocenters. The quantitative estimate of drug-likeness (QED) is 0.202. The lowest BCUT2D eigenvalue weighted by Crippen LogP contribution is -2.19. The van der Waals surface area contributed by atoms with Gasteiger partial charge in [-0.3, -0.25) is 4.99 Å². The van der Waals surface area contributed by atoms with Crippen LogP contribution in [0.2, 0.25) is 0 Å². The second-order valence-corrected chi connectivity index (χ2v) is 8.17. The summed E-state index contributed by atoms with van der Waals surface area (Å²) in [5, 5.41) is 20.4. The summed E-state index contributed by atoms with van der Waals surface area (Å²) in [5.41, 5.74) is 0.947. The molecule has 0 amide bonds. The molecule has 1 atom stereocenters. The average Bonchev–Trinajstić information content (AvgIpc) is 2.76. The first-order chi connectivity index (χ1) is 15.3. The van der Waals surface area contributed by atoms with E-state index in [9.17, 15) is 19.4 Å². The molecule has 0 aromatic heterocycles. The maximum atomic E-state index is 13.1. The predicted molar refractivity (Wildman–Crippen MR) is 125 cm³/mol. The second-order valence-electron chi connectivity index (χ2n) is 7.31. The molecular weight excluding hydrogens is 481 g/mol. The summed E-state index contributed by atoms with van der Waals surface area (Å²) in [6.07, 6.45) is 1.23. The normalized spacial score (nSPS) is 13.2. The molecule has 2 aromatic rings. The van der Waals surface area contributed by atoms with Crippen LogP contribution in [0, 0.1) is 11.7 Å². The molecule has 2 rings (SSSR count). The number of ether oxygens (including phenoxy) is 2. The van der Waals surface area contributed by atoms with E-state index in [1.807, 2.05) is 13.8 Å². The van der Waals surface area contributed by atoms with E-state index in [1.54, 1.807) is 37.3 Å². The number of benzene rings is 2. The lowest BCUT2D eigenvalue weighted by atomic mass is 10.1. The first-order valence-corrected chi connectivity index (χ1v) is 11.0. The van der Waals surface area contributed by atoms with Crippen LogP contribution in [0.1, 0.15) is 31.9 Å². The van der Waals surface area contributed by atoms with Crippen LogP contribution in [0.25, 0.3) is 5.76 Å². The molecule has 2 aromatic carbocycles. The van der Waals surface area contributed by atoms with Crippen molar-refractivity contribution in [2.45, 2.75) is 33.4 Å². The van der Waals surface area contributed by atoms with Crippen LogP contribution in [-0.4, -0.2) is 41.7 Å². The van der Waals surface area contributed by atoms with E-state index in [2.05, 4.69) is 20.9 Å². The van der Waals surface area contributed by atoms with Gasteiger partial charge in [0.2, 0.25) is 0 Å². The van der Waals surface area contributed by atoms with Crippen molar-refractivity contribution >= 4 is 33.9 Å². The van der Waals surface area contributed by atoms with E-state index < -0.39 is 12.0 Å². The number of aliphatic hydroxyl groups excluding tert-OH is 2. The Kier molecular flexibility index (Phi) is 9.87. The zero-order valence-corrected chi connectivity index (χ0v) is 19.8. The highest BCUT2D eigenvalue weighted by atomic mass is 79.9. The Labute approximate surface area is 195 Å². The molecular formula is C24H27BrFNO5. The summed E-state index contributed by atoms with van der Waals surface area (Å²) in [6.45, 7) is 5.58. The minimum absolute atomic E-state index is 0.0387. The number of carbonyl (C=O) groups is 1. The maximum Gasteiger partial charge on any atom is 0.343 e.